The molecule has 0 aliphatic carbocycles. The van der Waals surface area contributed by atoms with Crippen LogP contribution in [0.2, 0.25) is 0 Å². The van der Waals surface area contributed by atoms with Crippen LogP contribution < -0.4 is 5.32 Å². The molecule has 3 nitrogen and oxygen atoms in total. The van der Waals surface area contributed by atoms with Crippen LogP contribution in [0.4, 0.5) is 0 Å². The molecule has 2 heterocycles. The Morgan fingerprint density at radius 2 is 2.39 bits per heavy atom. The molecule has 0 saturated carbocycles. The zero-order chi connectivity index (χ0) is 13.0. The normalized spacial score (nSPS) is 22.3. The molecule has 1 aliphatic heterocycles. The van der Waals surface area contributed by atoms with Gasteiger partial charge in [-0.1, -0.05) is 13.8 Å². The predicted molar refractivity (Wildman–Crippen MR) is 78.0 cm³/mol. The summed E-state index contributed by atoms with van der Waals surface area (Å²) in [5.74, 6) is 0.768. The number of hydrogen-bond donors (Lipinski definition) is 1. The second kappa shape index (κ2) is 6.64. The van der Waals surface area contributed by atoms with Crippen LogP contribution in [-0.2, 0) is 6.54 Å². The first kappa shape index (κ1) is 14.0. The summed E-state index contributed by atoms with van der Waals surface area (Å²) in [6, 6.07) is 0.647. The van der Waals surface area contributed by atoms with Crippen LogP contribution in [0.1, 0.15) is 36.6 Å². The van der Waals surface area contributed by atoms with E-state index < -0.39 is 0 Å². The van der Waals surface area contributed by atoms with Crippen molar-refractivity contribution < 1.29 is 0 Å². The summed E-state index contributed by atoms with van der Waals surface area (Å²) in [5, 5.41) is 4.94. The van der Waals surface area contributed by atoms with Gasteiger partial charge in [0.25, 0.3) is 0 Å². The fraction of sp³-hybridized carbons (Fsp3) is 0.786. The van der Waals surface area contributed by atoms with E-state index in [1.165, 1.54) is 29.3 Å². The van der Waals surface area contributed by atoms with E-state index in [1.54, 1.807) is 0 Å². The Kier molecular flexibility index (Phi) is 5.15. The van der Waals surface area contributed by atoms with Gasteiger partial charge in [-0.3, -0.25) is 4.90 Å². The number of aromatic nitrogens is 1. The lowest BCUT2D eigenvalue weighted by molar-refractivity contribution is 0.247. The highest BCUT2D eigenvalue weighted by Gasteiger charge is 2.19. The van der Waals surface area contributed by atoms with Gasteiger partial charge in [0.05, 0.1) is 6.54 Å². The third-order valence-corrected chi connectivity index (χ3v) is 4.24. The van der Waals surface area contributed by atoms with E-state index in [0.717, 1.165) is 25.6 Å². The number of nitrogens with one attached hydrogen (secondary N) is 1. The van der Waals surface area contributed by atoms with Gasteiger partial charge in [-0.2, -0.15) is 0 Å². The van der Waals surface area contributed by atoms with Crippen LogP contribution in [0.3, 0.4) is 0 Å². The first-order chi connectivity index (χ1) is 8.63. The average molecular weight is 267 g/mol. The fourth-order valence-corrected chi connectivity index (χ4v) is 3.44. The first-order valence-corrected chi connectivity index (χ1v) is 7.82. The maximum absolute atomic E-state index is 4.48. The molecule has 0 amide bonds. The zero-order valence-corrected chi connectivity index (χ0v) is 12.6. The quantitative estimate of drug-likeness (QED) is 0.909. The molecule has 1 aliphatic rings. The standard InChI is InChI=1S/C14H25N3S/c1-11(2)7-13-9-17(6-4-5-15-13)10-14-16-8-12(3)18-14/h8,11,13,15H,4-7,9-10H2,1-3H3. The van der Waals surface area contributed by atoms with Gasteiger partial charge >= 0.3 is 0 Å². The molecule has 2 rings (SSSR count). The van der Waals surface area contributed by atoms with Crippen molar-refractivity contribution in [1.29, 1.82) is 0 Å². The second-order valence-corrected chi connectivity index (χ2v) is 7.05. The van der Waals surface area contributed by atoms with Gasteiger partial charge in [-0.25, -0.2) is 4.98 Å². The Bertz CT molecular complexity index is 362. The highest BCUT2D eigenvalue weighted by atomic mass is 32.1. The summed E-state index contributed by atoms with van der Waals surface area (Å²) < 4.78 is 0. The molecule has 0 bridgehead atoms. The van der Waals surface area contributed by atoms with Gasteiger partial charge in [0.2, 0.25) is 0 Å². The highest BCUT2D eigenvalue weighted by molar-refractivity contribution is 7.11. The van der Waals surface area contributed by atoms with Crippen LogP contribution in [0.15, 0.2) is 6.20 Å². The second-order valence-electron chi connectivity index (χ2n) is 5.73. The van der Waals surface area contributed by atoms with Gasteiger partial charge in [-0.05, 0) is 38.8 Å². The van der Waals surface area contributed by atoms with Crippen LogP contribution in [-0.4, -0.2) is 35.6 Å². The van der Waals surface area contributed by atoms with Crippen molar-refractivity contribution in [2.45, 2.75) is 46.2 Å². The molecule has 0 aromatic carbocycles. The molecule has 4 heteroatoms. The van der Waals surface area contributed by atoms with E-state index in [9.17, 15) is 0 Å². The minimum atomic E-state index is 0.647. The van der Waals surface area contributed by atoms with Crippen molar-refractivity contribution in [3.63, 3.8) is 0 Å². The average Bonchev–Trinajstić information content (AvgIpc) is 2.56. The monoisotopic (exact) mass is 267 g/mol. The Morgan fingerprint density at radius 1 is 1.56 bits per heavy atom. The molecular formula is C14H25N3S. The van der Waals surface area contributed by atoms with E-state index in [1.807, 2.05) is 17.5 Å². The zero-order valence-electron chi connectivity index (χ0n) is 11.8. The molecule has 102 valence electrons. The van der Waals surface area contributed by atoms with E-state index in [-0.39, 0.29) is 0 Å². The van der Waals surface area contributed by atoms with Crippen molar-refractivity contribution in [3.05, 3.63) is 16.1 Å². The van der Waals surface area contributed by atoms with Crippen molar-refractivity contribution in [1.82, 2.24) is 15.2 Å². The number of thiazole rings is 1. The van der Waals surface area contributed by atoms with Crippen LogP contribution in [0, 0.1) is 12.8 Å². The molecule has 1 atom stereocenters. The van der Waals surface area contributed by atoms with Gasteiger partial charge < -0.3 is 5.32 Å². The lowest BCUT2D eigenvalue weighted by Crippen LogP contribution is -2.38. The number of aryl methyl sites for hydroxylation is 1. The topological polar surface area (TPSA) is 28.2 Å². The molecule has 0 radical (unpaired) electrons. The summed E-state index contributed by atoms with van der Waals surface area (Å²) in [6.07, 6.45) is 4.51. The van der Waals surface area contributed by atoms with Gasteiger partial charge in [0.1, 0.15) is 5.01 Å². The number of rotatable bonds is 4. The number of hydrogen-bond acceptors (Lipinski definition) is 4. The minimum Gasteiger partial charge on any atom is -0.313 e. The molecule has 1 saturated heterocycles. The Balaban J connectivity index is 1.90. The Hall–Kier alpha value is -0.450. The van der Waals surface area contributed by atoms with Crippen LogP contribution >= 0.6 is 11.3 Å². The summed E-state index contributed by atoms with van der Waals surface area (Å²) in [4.78, 5) is 8.36. The third kappa shape index (κ3) is 4.34. The molecule has 1 fully saturated rings. The molecule has 0 spiro atoms. The van der Waals surface area contributed by atoms with Gasteiger partial charge in [0.15, 0.2) is 0 Å². The van der Waals surface area contributed by atoms with Gasteiger partial charge in [-0.15, -0.1) is 11.3 Å². The maximum atomic E-state index is 4.48. The van der Waals surface area contributed by atoms with Crippen LogP contribution in [0.25, 0.3) is 0 Å². The minimum absolute atomic E-state index is 0.647. The fourth-order valence-electron chi connectivity index (χ4n) is 2.61. The highest BCUT2D eigenvalue weighted by Crippen LogP contribution is 2.16. The molecule has 1 aromatic rings. The van der Waals surface area contributed by atoms with E-state index in [0.29, 0.717) is 6.04 Å². The largest absolute Gasteiger partial charge is 0.313 e. The number of nitrogens with zero attached hydrogens (tertiary/aromatic N) is 2. The van der Waals surface area contributed by atoms with Gasteiger partial charge in [0, 0.05) is 23.7 Å². The lowest BCUT2D eigenvalue weighted by atomic mass is 10.0. The molecule has 1 unspecified atom stereocenters. The van der Waals surface area contributed by atoms with E-state index >= 15 is 0 Å². The SMILES string of the molecule is Cc1cnc(CN2CCCNC(CC(C)C)C2)s1. The maximum Gasteiger partial charge on any atom is 0.107 e. The molecule has 1 N–H and O–H groups in total. The van der Waals surface area contributed by atoms with Crippen molar-refractivity contribution in [2.24, 2.45) is 5.92 Å². The van der Waals surface area contributed by atoms with E-state index in [2.05, 4.69) is 36.0 Å². The van der Waals surface area contributed by atoms with E-state index in [4.69, 9.17) is 0 Å². The summed E-state index contributed by atoms with van der Waals surface area (Å²) in [6.45, 7) is 11.3. The van der Waals surface area contributed by atoms with Crippen LogP contribution in [0.5, 0.6) is 0 Å². The third-order valence-electron chi connectivity index (χ3n) is 3.35. The Morgan fingerprint density at radius 3 is 3.06 bits per heavy atom. The summed E-state index contributed by atoms with van der Waals surface area (Å²) in [5.41, 5.74) is 0. The smallest absolute Gasteiger partial charge is 0.107 e. The predicted octanol–water partition coefficient (Wildman–Crippen LogP) is 2.66. The van der Waals surface area contributed by atoms with Crippen molar-refractivity contribution in [2.75, 3.05) is 19.6 Å². The molecule has 1 aromatic heterocycles. The summed E-state index contributed by atoms with van der Waals surface area (Å²) >= 11 is 1.83. The first-order valence-electron chi connectivity index (χ1n) is 7.00. The van der Waals surface area contributed by atoms with Crippen molar-refractivity contribution >= 4 is 11.3 Å². The molecule has 18 heavy (non-hydrogen) atoms. The molecular weight excluding hydrogens is 242 g/mol. The Labute approximate surface area is 115 Å². The lowest BCUT2D eigenvalue weighted by Gasteiger charge is -2.24. The van der Waals surface area contributed by atoms with Crippen molar-refractivity contribution in [3.8, 4) is 0 Å². The summed E-state index contributed by atoms with van der Waals surface area (Å²) in [7, 11) is 0.